The highest BCUT2D eigenvalue weighted by Crippen LogP contribution is 2.25. The number of hydrazine groups is 1. The Kier molecular flexibility index (Phi) is 2.96. The van der Waals surface area contributed by atoms with Crippen LogP contribution in [0.5, 0.6) is 0 Å². The number of nitrogens with zero attached hydrogens (tertiary/aromatic N) is 1. The monoisotopic (exact) mass is 326 g/mol. The maximum atomic E-state index is 11.8. The van der Waals surface area contributed by atoms with Crippen molar-refractivity contribution in [2.24, 2.45) is 5.92 Å². The van der Waals surface area contributed by atoms with Crippen molar-refractivity contribution < 1.29 is 4.79 Å². The second-order valence-electron chi connectivity index (χ2n) is 4.22. The van der Waals surface area contributed by atoms with Crippen LogP contribution in [-0.4, -0.2) is 23.7 Å². The molecule has 7 heteroatoms. The molecule has 2 aliphatic rings. The third-order valence-electron chi connectivity index (χ3n) is 3.10. The van der Waals surface area contributed by atoms with Crippen molar-refractivity contribution in [3.8, 4) is 0 Å². The molecule has 3 N–H and O–H groups in total. The van der Waals surface area contributed by atoms with E-state index < -0.39 is 0 Å². The Morgan fingerprint density at radius 1 is 1.33 bits per heavy atom. The molecule has 2 saturated heterocycles. The zero-order valence-corrected chi connectivity index (χ0v) is 11.7. The molecule has 94 valence electrons. The van der Waals surface area contributed by atoms with Gasteiger partial charge in [0.25, 0.3) is 0 Å². The Bertz CT molecular complexity index is 506. The largest absolute Gasteiger partial charge is 0.340 e. The Balaban J connectivity index is 1.88. The van der Waals surface area contributed by atoms with Gasteiger partial charge in [-0.15, -0.1) is 0 Å². The predicted octanol–water partition coefficient (Wildman–Crippen LogP) is 0.720. The molecule has 0 aromatic heterocycles. The zero-order chi connectivity index (χ0) is 12.7. The first-order chi connectivity index (χ1) is 8.65. The van der Waals surface area contributed by atoms with Crippen molar-refractivity contribution in [3.05, 3.63) is 28.7 Å². The van der Waals surface area contributed by atoms with E-state index in [2.05, 4.69) is 32.0 Å². The van der Waals surface area contributed by atoms with E-state index in [1.54, 1.807) is 0 Å². The summed E-state index contributed by atoms with van der Waals surface area (Å²) >= 11 is 8.43. The van der Waals surface area contributed by atoms with Crippen LogP contribution in [0.2, 0.25) is 0 Å². The first kappa shape index (κ1) is 11.9. The summed E-state index contributed by atoms with van der Waals surface area (Å²) in [6.45, 7) is 0.599. The van der Waals surface area contributed by atoms with Gasteiger partial charge in [-0.3, -0.25) is 9.80 Å². The highest BCUT2D eigenvalue weighted by Gasteiger charge is 2.42. The minimum atomic E-state index is -0.139. The van der Waals surface area contributed by atoms with E-state index in [-0.39, 0.29) is 18.0 Å². The fourth-order valence-electron chi connectivity index (χ4n) is 2.22. The van der Waals surface area contributed by atoms with Crippen LogP contribution in [0.15, 0.2) is 28.7 Å². The molecule has 2 aliphatic heterocycles. The summed E-state index contributed by atoms with van der Waals surface area (Å²) in [6.07, 6.45) is -0.132. The SMILES string of the molecule is O=C1NC(=S)NC2C1CNN2c1ccc(Br)cc1. The number of fused-ring (bicyclic) bond motifs is 1. The quantitative estimate of drug-likeness (QED) is 0.664. The molecule has 0 bridgehead atoms. The zero-order valence-electron chi connectivity index (χ0n) is 9.31. The number of anilines is 1. The predicted molar refractivity (Wildman–Crippen MR) is 75.8 cm³/mol. The van der Waals surface area contributed by atoms with Gasteiger partial charge in [0, 0.05) is 11.0 Å². The number of hydrogen-bond acceptors (Lipinski definition) is 4. The van der Waals surface area contributed by atoms with E-state index in [0.717, 1.165) is 10.2 Å². The fraction of sp³-hybridized carbons (Fsp3) is 0.273. The van der Waals surface area contributed by atoms with Crippen molar-refractivity contribution in [3.63, 3.8) is 0 Å². The van der Waals surface area contributed by atoms with Gasteiger partial charge in [-0.05, 0) is 36.5 Å². The number of hydrogen-bond donors (Lipinski definition) is 3. The van der Waals surface area contributed by atoms with Crippen LogP contribution in [0.4, 0.5) is 5.69 Å². The van der Waals surface area contributed by atoms with Gasteiger partial charge in [0.15, 0.2) is 5.11 Å². The molecule has 2 heterocycles. The van der Waals surface area contributed by atoms with E-state index >= 15 is 0 Å². The Morgan fingerprint density at radius 3 is 2.78 bits per heavy atom. The molecule has 1 aromatic carbocycles. The molecule has 18 heavy (non-hydrogen) atoms. The number of nitrogens with one attached hydrogen (secondary N) is 3. The van der Waals surface area contributed by atoms with Gasteiger partial charge in [-0.1, -0.05) is 15.9 Å². The normalized spacial score (nSPS) is 26.6. The standard InChI is InChI=1S/C11H11BrN4OS/c12-6-1-3-7(4-2-6)16-9-8(5-13-16)10(17)15-11(18)14-9/h1-4,8-9,13H,5H2,(H2,14,15,17,18). The highest BCUT2D eigenvalue weighted by molar-refractivity contribution is 9.10. The smallest absolute Gasteiger partial charge is 0.234 e. The fourth-order valence-corrected chi connectivity index (χ4v) is 2.70. The van der Waals surface area contributed by atoms with Crippen molar-refractivity contribution >= 4 is 44.9 Å². The second-order valence-corrected chi connectivity index (χ2v) is 5.55. The molecule has 0 aliphatic carbocycles. The summed E-state index contributed by atoms with van der Waals surface area (Å²) in [5, 5.41) is 8.09. The van der Waals surface area contributed by atoms with Crippen LogP contribution < -0.4 is 21.1 Å². The summed E-state index contributed by atoms with van der Waals surface area (Å²) < 4.78 is 1.02. The average molecular weight is 327 g/mol. The molecule has 0 radical (unpaired) electrons. The topological polar surface area (TPSA) is 56.4 Å². The maximum Gasteiger partial charge on any atom is 0.234 e. The molecule has 5 nitrogen and oxygen atoms in total. The molecule has 0 spiro atoms. The van der Waals surface area contributed by atoms with Gasteiger partial charge in [0.1, 0.15) is 6.17 Å². The van der Waals surface area contributed by atoms with Crippen LogP contribution in [0.1, 0.15) is 0 Å². The average Bonchev–Trinajstić information content (AvgIpc) is 2.74. The molecule has 3 rings (SSSR count). The third-order valence-corrected chi connectivity index (χ3v) is 3.85. The number of carbonyl (C=O) groups is 1. The van der Waals surface area contributed by atoms with Crippen molar-refractivity contribution in [1.82, 2.24) is 16.1 Å². The van der Waals surface area contributed by atoms with E-state index in [1.165, 1.54) is 0 Å². The third kappa shape index (κ3) is 1.98. The molecular formula is C11H11BrN4OS. The Labute approximate surface area is 118 Å². The molecule has 0 saturated carbocycles. The summed E-state index contributed by atoms with van der Waals surface area (Å²) in [4.78, 5) is 11.8. The van der Waals surface area contributed by atoms with Crippen LogP contribution >= 0.6 is 28.1 Å². The molecule has 2 atom stereocenters. The van der Waals surface area contributed by atoms with Gasteiger partial charge < -0.3 is 10.6 Å². The van der Waals surface area contributed by atoms with E-state index in [0.29, 0.717) is 11.7 Å². The van der Waals surface area contributed by atoms with Crippen molar-refractivity contribution in [1.29, 1.82) is 0 Å². The lowest BCUT2D eigenvalue weighted by Gasteiger charge is -2.33. The number of halogens is 1. The van der Waals surface area contributed by atoms with E-state index in [1.807, 2.05) is 29.3 Å². The molecular weight excluding hydrogens is 316 g/mol. The van der Waals surface area contributed by atoms with Crippen LogP contribution in [-0.2, 0) is 4.79 Å². The second kappa shape index (κ2) is 4.49. The number of thiocarbonyl (C=S) groups is 1. The number of rotatable bonds is 1. The number of amides is 1. The highest BCUT2D eigenvalue weighted by atomic mass is 79.9. The number of benzene rings is 1. The van der Waals surface area contributed by atoms with Crippen LogP contribution in [0, 0.1) is 5.92 Å². The van der Waals surface area contributed by atoms with Crippen molar-refractivity contribution in [2.45, 2.75) is 6.17 Å². The lowest BCUT2D eigenvalue weighted by Crippen LogP contribution is -2.61. The van der Waals surface area contributed by atoms with Gasteiger partial charge in [-0.2, -0.15) is 0 Å². The Morgan fingerprint density at radius 2 is 2.06 bits per heavy atom. The first-order valence-electron chi connectivity index (χ1n) is 5.55. The lowest BCUT2D eigenvalue weighted by molar-refractivity contribution is -0.124. The molecule has 1 aromatic rings. The maximum absolute atomic E-state index is 11.8. The Hall–Kier alpha value is -1.18. The van der Waals surface area contributed by atoms with Gasteiger partial charge in [-0.25, -0.2) is 5.43 Å². The van der Waals surface area contributed by atoms with Crippen LogP contribution in [0.25, 0.3) is 0 Å². The summed E-state index contributed by atoms with van der Waals surface area (Å²) in [5.74, 6) is -0.170. The molecule has 2 fully saturated rings. The minimum Gasteiger partial charge on any atom is -0.340 e. The minimum absolute atomic E-state index is 0.0316. The molecule has 1 amide bonds. The van der Waals surface area contributed by atoms with E-state index in [9.17, 15) is 4.79 Å². The van der Waals surface area contributed by atoms with Gasteiger partial charge in [0.05, 0.1) is 11.6 Å². The number of carbonyl (C=O) groups excluding carboxylic acids is 1. The summed E-state index contributed by atoms with van der Waals surface area (Å²) in [5.41, 5.74) is 4.22. The van der Waals surface area contributed by atoms with Gasteiger partial charge >= 0.3 is 0 Å². The van der Waals surface area contributed by atoms with Crippen molar-refractivity contribution in [2.75, 3.05) is 11.6 Å². The summed E-state index contributed by atoms with van der Waals surface area (Å²) in [6, 6.07) is 7.89. The first-order valence-corrected chi connectivity index (χ1v) is 6.75. The van der Waals surface area contributed by atoms with E-state index in [4.69, 9.17) is 12.2 Å². The van der Waals surface area contributed by atoms with Gasteiger partial charge in [0.2, 0.25) is 5.91 Å². The van der Waals surface area contributed by atoms with Crippen LogP contribution in [0.3, 0.4) is 0 Å². The lowest BCUT2D eigenvalue weighted by atomic mass is 10.1. The molecule has 2 unspecified atom stereocenters. The summed E-state index contributed by atoms with van der Waals surface area (Å²) in [7, 11) is 0.